The number of anilines is 1. The molecule has 1 fully saturated rings. The minimum atomic E-state index is 0.0420. The Morgan fingerprint density at radius 1 is 1.10 bits per heavy atom. The number of carbonyl (C=O) groups excluding carboxylic acids is 1. The number of benzene rings is 2. The van der Waals surface area contributed by atoms with Crippen LogP contribution in [0.5, 0.6) is 0 Å². The molecule has 0 bridgehead atoms. The summed E-state index contributed by atoms with van der Waals surface area (Å²) in [6, 6.07) is 16.4. The maximum atomic E-state index is 12.3. The summed E-state index contributed by atoms with van der Waals surface area (Å²) >= 11 is 0. The summed E-state index contributed by atoms with van der Waals surface area (Å²) in [6.45, 7) is 4.09. The molecule has 6 heteroatoms. The second-order valence-electron chi connectivity index (χ2n) is 7.59. The van der Waals surface area contributed by atoms with Crippen LogP contribution in [0.3, 0.4) is 0 Å². The van der Waals surface area contributed by atoms with Gasteiger partial charge in [-0.1, -0.05) is 36.4 Å². The van der Waals surface area contributed by atoms with Crippen molar-refractivity contribution in [3.8, 4) is 22.5 Å². The molecule has 29 heavy (non-hydrogen) atoms. The molecule has 5 rings (SSSR count). The first-order valence-electron chi connectivity index (χ1n) is 10.1. The maximum absolute atomic E-state index is 12.3. The van der Waals surface area contributed by atoms with E-state index in [1.54, 1.807) is 0 Å². The van der Waals surface area contributed by atoms with E-state index in [9.17, 15) is 4.79 Å². The summed E-state index contributed by atoms with van der Waals surface area (Å²) < 4.78 is 5.34. The van der Waals surface area contributed by atoms with Gasteiger partial charge in [0.05, 0.1) is 24.6 Å². The van der Waals surface area contributed by atoms with Crippen LogP contribution in [0.1, 0.15) is 17.5 Å². The summed E-state index contributed by atoms with van der Waals surface area (Å²) in [5.74, 6) is 0.0420. The zero-order valence-electron chi connectivity index (χ0n) is 16.3. The van der Waals surface area contributed by atoms with E-state index in [0.29, 0.717) is 6.42 Å². The molecule has 1 saturated heterocycles. The first-order valence-corrected chi connectivity index (χ1v) is 10.1. The topological polar surface area (TPSA) is 70.2 Å². The van der Waals surface area contributed by atoms with Gasteiger partial charge < -0.3 is 10.1 Å². The molecule has 2 N–H and O–H groups in total. The summed E-state index contributed by atoms with van der Waals surface area (Å²) in [6.07, 6.45) is 1.39. The number of amides is 1. The molecule has 0 saturated carbocycles. The monoisotopic (exact) mass is 388 g/mol. The summed E-state index contributed by atoms with van der Waals surface area (Å²) in [7, 11) is 0. The molecule has 3 aromatic rings. The second-order valence-corrected chi connectivity index (χ2v) is 7.59. The smallest absolute Gasteiger partial charge is 0.225 e. The van der Waals surface area contributed by atoms with E-state index in [4.69, 9.17) is 4.74 Å². The third-order valence-corrected chi connectivity index (χ3v) is 5.72. The van der Waals surface area contributed by atoms with Gasteiger partial charge in [-0.2, -0.15) is 5.10 Å². The number of rotatable bonds is 5. The van der Waals surface area contributed by atoms with Crippen molar-refractivity contribution >= 4 is 11.6 Å². The number of morpholine rings is 1. The SMILES string of the molecule is O=C(CCN1CCOCC1)Nc1ccc(-c2n[nH]c3c2Cc2ccccc2-3)cc1. The number of aromatic amines is 1. The molecule has 2 aromatic carbocycles. The second kappa shape index (κ2) is 7.81. The highest BCUT2D eigenvalue weighted by Crippen LogP contribution is 2.39. The lowest BCUT2D eigenvalue weighted by Gasteiger charge is -2.26. The number of nitrogens with one attached hydrogen (secondary N) is 2. The van der Waals surface area contributed by atoms with Crippen LogP contribution in [0, 0.1) is 0 Å². The predicted molar refractivity (Wildman–Crippen MR) is 113 cm³/mol. The molecular formula is C23H24N4O2. The molecule has 0 spiro atoms. The van der Waals surface area contributed by atoms with Crippen LogP contribution < -0.4 is 5.32 Å². The Morgan fingerprint density at radius 3 is 2.72 bits per heavy atom. The zero-order valence-corrected chi connectivity index (χ0v) is 16.3. The highest BCUT2D eigenvalue weighted by atomic mass is 16.5. The third kappa shape index (κ3) is 3.69. The summed E-state index contributed by atoms with van der Waals surface area (Å²) in [5, 5.41) is 10.7. The lowest BCUT2D eigenvalue weighted by Crippen LogP contribution is -2.38. The van der Waals surface area contributed by atoms with E-state index in [1.165, 1.54) is 16.7 Å². The van der Waals surface area contributed by atoms with Gasteiger partial charge in [-0.05, 0) is 17.7 Å². The quantitative estimate of drug-likeness (QED) is 0.550. The zero-order chi connectivity index (χ0) is 19.6. The van der Waals surface area contributed by atoms with Crippen molar-refractivity contribution in [1.82, 2.24) is 15.1 Å². The first-order chi connectivity index (χ1) is 14.3. The van der Waals surface area contributed by atoms with E-state index in [0.717, 1.165) is 61.9 Å². The van der Waals surface area contributed by atoms with Crippen LogP contribution in [0.15, 0.2) is 48.5 Å². The molecular weight excluding hydrogens is 364 g/mol. The molecule has 2 aliphatic rings. The molecule has 0 radical (unpaired) electrons. The number of hydrogen-bond donors (Lipinski definition) is 2. The van der Waals surface area contributed by atoms with Crippen LogP contribution in [-0.2, 0) is 16.0 Å². The first kappa shape index (κ1) is 18.1. The minimum Gasteiger partial charge on any atom is -0.379 e. The molecule has 0 atom stereocenters. The number of fused-ring (bicyclic) bond motifs is 3. The fourth-order valence-electron chi connectivity index (χ4n) is 4.13. The fourth-order valence-corrected chi connectivity index (χ4v) is 4.13. The van der Waals surface area contributed by atoms with Crippen molar-refractivity contribution in [2.75, 3.05) is 38.2 Å². The Bertz CT molecular complexity index is 1020. The van der Waals surface area contributed by atoms with Crippen molar-refractivity contribution in [2.24, 2.45) is 0 Å². The maximum Gasteiger partial charge on any atom is 0.225 e. The number of hydrogen-bond acceptors (Lipinski definition) is 4. The highest BCUT2D eigenvalue weighted by Gasteiger charge is 2.24. The Kier molecular flexibility index (Phi) is 4.87. The van der Waals surface area contributed by atoms with Crippen LogP contribution in [0.25, 0.3) is 22.5 Å². The van der Waals surface area contributed by atoms with Gasteiger partial charge in [-0.15, -0.1) is 0 Å². The van der Waals surface area contributed by atoms with Gasteiger partial charge in [0.1, 0.15) is 0 Å². The van der Waals surface area contributed by atoms with Gasteiger partial charge in [0.2, 0.25) is 5.91 Å². The van der Waals surface area contributed by atoms with Crippen molar-refractivity contribution in [2.45, 2.75) is 12.8 Å². The molecule has 6 nitrogen and oxygen atoms in total. The lowest BCUT2D eigenvalue weighted by molar-refractivity contribution is -0.116. The molecule has 1 amide bonds. The Hall–Kier alpha value is -2.96. The predicted octanol–water partition coefficient (Wildman–Crippen LogP) is 3.31. The van der Waals surface area contributed by atoms with Crippen molar-refractivity contribution in [3.05, 3.63) is 59.7 Å². The third-order valence-electron chi connectivity index (χ3n) is 5.72. The van der Waals surface area contributed by atoms with Gasteiger partial charge in [-0.3, -0.25) is 14.8 Å². The number of aromatic nitrogens is 2. The van der Waals surface area contributed by atoms with E-state index in [-0.39, 0.29) is 5.91 Å². The average Bonchev–Trinajstić information content (AvgIpc) is 3.33. The van der Waals surface area contributed by atoms with E-state index in [2.05, 4.69) is 44.7 Å². The van der Waals surface area contributed by atoms with Crippen LogP contribution in [-0.4, -0.2) is 53.9 Å². The number of nitrogens with zero attached hydrogens (tertiary/aromatic N) is 2. The van der Waals surface area contributed by atoms with Gasteiger partial charge >= 0.3 is 0 Å². The minimum absolute atomic E-state index is 0.0420. The molecule has 1 aliphatic heterocycles. The van der Waals surface area contributed by atoms with Crippen molar-refractivity contribution < 1.29 is 9.53 Å². The van der Waals surface area contributed by atoms with E-state index in [1.807, 2.05) is 24.3 Å². The normalized spacial score (nSPS) is 15.7. The van der Waals surface area contributed by atoms with Crippen LogP contribution >= 0.6 is 0 Å². The van der Waals surface area contributed by atoms with Gasteiger partial charge in [0.25, 0.3) is 0 Å². The Morgan fingerprint density at radius 2 is 1.90 bits per heavy atom. The Balaban J connectivity index is 1.23. The summed E-state index contributed by atoms with van der Waals surface area (Å²) in [5.41, 5.74) is 7.80. The highest BCUT2D eigenvalue weighted by molar-refractivity contribution is 5.91. The molecule has 1 aliphatic carbocycles. The average molecular weight is 388 g/mol. The molecule has 2 heterocycles. The largest absolute Gasteiger partial charge is 0.379 e. The fraction of sp³-hybridized carbons (Fsp3) is 0.304. The molecule has 1 aromatic heterocycles. The van der Waals surface area contributed by atoms with E-state index >= 15 is 0 Å². The van der Waals surface area contributed by atoms with Crippen molar-refractivity contribution in [1.29, 1.82) is 0 Å². The van der Waals surface area contributed by atoms with Crippen LogP contribution in [0.4, 0.5) is 5.69 Å². The Labute approximate surface area is 169 Å². The van der Waals surface area contributed by atoms with Crippen LogP contribution in [0.2, 0.25) is 0 Å². The number of ether oxygens (including phenoxy) is 1. The van der Waals surface area contributed by atoms with Crippen molar-refractivity contribution in [3.63, 3.8) is 0 Å². The lowest BCUT2D eigenvalue weighted by atomic mass is 10.1. The van der Waals surface area contributed by atoms with Gasteiger partial charge in [0, 0.05) is 54.9 Å². The van der Waals surface area contributed by atoms with Gasteiger partial charge in [0.15, 0.2) is 0 Å². The number of carbonyl (C=O) groups is 1. The summed E-state index contributed by atoms with van der Waals surface area (Å²) in [4.78, 5) is 14.5. The molecule has 0 unspecified atom stereocenters. The van der Waals surface area contributed by atoms with E-state index < -0.39 is 0 Å². The standard InChI is InChI=1S/C23H24N4O2/c28-21(9-10-27-11-13-29-14-12-27)24-18-7-5-16(6-8-18)22-20-15-17-3-1-2-4-19(17)23(20)26-25-22/h1-8H,9-15H2,(H,24,28)(H,25,26). The number of H-pyrrole nitrogens is 1. The molecule has 148 valence electrons. The van der Waals surface area contributed by atoms with Gasteiger partial charge in [-0.25, -0.2) is 0 Å².